The van der Waals surface area contributed by atoms with E-state index >= 15 is 0 Å². The number of hydrogen-bond acceptors (Lipinski definition) is 3. The fraction of sp³-hybridized carbons (Fsp3) is 0.700. The van der Waals surface area contributed by atoms with Crippen LogP contribution in [-0.2, 0) is 0 Å². The van der Waals surface area contributed by atoms with Gasteiger partial charge in [-0.2, -0.15) is 0 Å². The Bertz CT molecular complexity index is 209. The second kappa shape index (κ2) is 6.52. The minimum atomic E-state index is 0.325. The first kappa shape index (κ1) is 12.0. The molecule has 0 aromatic carbocycles. The van der Waals surface area contributed by atoms with E-state index < -0.39 is 0 Å². The number of nitrogens with zero attached hydrogens (tertiary/aromatic N) is 2. The first-order chi connectivity index (χ1) is 6.15. The molecule has 0 aliphatic carbocycles. The van der Waals surface area contributed by atoms with E-state index in [4.69, 9.17) is 0 Å². The Kier molecular flexibility index (Phi) is 6.02. The van der Waals surface area contributed by atoms with Gasteiger partial charge in [0.15, 0.2) is 0 Å². The smallest absolute Gasteiger partial charge is 0.0781 e. The van der Waals surface area contributed by atoms with Crippen LogP contribution in [0.2, 0.25) is 0 Å². The predicted molar refractivity (Wildman–Crippen MR) is 56.9 cm³/mol. The highest BCUT2D eigenvalue weighted by molar-refractivity contribution is 5.61. The summed E-state index contributed by atoms with van der Waals surface area (Å²) in [6, 6.07) is 0. The lowest BCUT2D eigenvalue weighted by Gasteiger charge is -2.14. The monoisotopic (exact) mass is 182 g/mol. The minimum absolute atomic E-state index is 0.325. The standard InChI is InChI=1S/C10H18N2O/c1-5-10(7-11-4)8(2)6-9(3)12-13/h6-8,10H,5H2,1-4H3/b9-6+,11-7?. The summed E-state index contributed by atoms with van der Waals surface area (Å²) in [7, 11) is 1.77. The molecule has 0 bridgehead atoms. The zero-order valence-electron chi connectivity index (χ0n) is 8.82. The van der Waals surface area contributed by atoms with Crippen LogP contribution in [0.1, 0.15) is 27.2 Å². The lowest BCUT2D eigenvalue weighted by atomic mass is 9.92. The van der Waals surface area contributed by atoms with E-state index in [0.29, 0.717) is 17.5 Å². The summed E-state index contributed by atoms with van der Waals surface area (Å²) in [6.45, 7) is 5.91. The van der Waals surface area contributed by atoms with E-state index in [9.17, 15) is 4.91 Å². The van der Waals surface area contributed by atoms with Gasteiger partial charge in [-0.15, -0.1) is 4.91 Å². The molecule has 0 fully saturated rings. The average Bonchev–Trinajstić information content (AvgIpc) is 2.13. The van der Waals surface area contributed by atoms with Gasteiger partial charge in [-0.05, 0) is 30.4 Å². The van der Waals surface area contributed by atoms with E-state index in [2.05, 4.69) is 24.0 Å². The summed E-state index contributed by atoms with van der Waals surface area (Å²) in [5.41, 5.74) is 0.551. The van der Waals surface area contributed by atoms with Crippen molar-refractivity contribution in [1.82, 2.24) is 0 Å². The van der Waals surface area contributed by atoms with Crippen molar-refractivity contribution >= 4 is 6.21 Å². The van der Waals surface area contributed by atoms with E-state index in [-0.39, 0.29) is 0 Å². The molecule has 13 heavy (non-hydrogen) atoms. The lowest BCUT2D eigenvalue weighted by Crippen LogP contribution is -2.10. The molecule has 0 N–H and O–H groups in total. The van der Waals surface area contributed by atoms with Gasteiger partial charge in [-0.25, -0.2) is 0 Å². The molecule has 0 heterocycles. The first-order valence-corrected chi connectivity index (χ1v) is 4.59. The maximum atomic E-state index is 10.2. The third-order valence-electron chi connectivity index (χ3n) is 2.14. The molecule has 2 unspecified atom stereocenters. The average molecular weight is 182 g/mol. The predicted octanol–water partition coefficient (Wildman–Crippen LogP) is 3.02. The third kappa shape index (κ3) is 4.55. The van der Waals surface area contributed by atoms with Crippen molar-refractivity contribution in [3.05, 3.63) is 16.7 Å². The Morgan fingerprint density at radius 2 is 2.15 bits per heavy atom. The summed E-state index contributed by atoms with van der Waals surface area (Å²) in [5, 5.41) is 2.87. The van der Waals surface area contributed by atoms with Crippen molar-refractivity contribution in [3.8, 4) is 0 Å². The van der Waals surface area contributed by atoms with Crippen molar-refractivity contribution in [1.29, 1.82) is 0 Å². The highest BCUT2D eigenvalue weighted by atomic mass is 16.3. The van der Waals surface area contributed by atoms with Crippen LogP contribution in [0.5, 0.6) is 0 Å². The highest BCUT2D eigenvalue weighted by Gasteiger charge is 2.10. The quantitative estimate of drug-likeness (QED) is 0.476. The van der Waals surface area contributed by atoms with Crippen LogP contribution in [0.4, 0.5) is 0 Å². The zero-order chi connectivity index (χ0) is 10.3. The topological polar surface area (TPSA) is 41.8 Å². The summed E-state index contributed by atoms with van der Waals surface area (Å²) in [4.78, 5) is 14.2. The van der Waals surface area contributed by atoms with Gasteiger partial charge >= 0.3 is 0 Å². The van der Waals surface area contributed by atoms with Crippen molar-refractivity contribution in [2.24, 2.45) is 22.0 Å². The van der Waals surface area contributed by atoms with Crippen molar-refractivity contribution in [2.75, 3.05) is 7.05 Å². The molecule has 0 aliphatic heterocycles. The summed E-state index contributed by atoms with van der Waals surface area (Å²) < 4.78 is 0. The van der Waals surface area contributed by atoms with Crippen LogP contribution in [-0.4, -0.2) is 13.3 Å². The molecule has 0 saturated heterocycles. The van der Waals surface area contributed by atoms with Crippen LogP contribution in [0.25, 0.3) is 0 Å². The molecule has 0 spiro atoms. The van der Waals surface area contributed by atoms with E-state index in [0.717, 1.165) is 6.42 Å². The first-order valence-electron chi connectivity index (χ1n) is 4.59. The maximum absolute atomic E-state index is 10.2. The molecule has 3 nitrogen and oxygen atoms in total. The van der Waals surface area contributed by atoms with Crippen LogP contribution >= 0.6 is 0 Å². The van der Waals surface area contributed by atoms with E-state index in [1.165, 1.54) is 0 Å². The Labute approximate surface area is 79.9 Å². The summed E-state index contributed by atoms with van der Waals surface area (Å²) in [6.07, 6.45) is 4.85. The molecule has 0 saturated carbocycles. The van der Waals surface area contributed by atoms with Crippen molar-refractivity contribution in [2.45, 2.75) is 27.2 Å². The lowest BCUT2D eigenvalue weighted by molar-refractivity contribution is 0.533. The van der Waals surface area contributed by atoms with Gasteiger partial charge in [0.1, 0.15) is 0 Å². The molecule has 0 aliphatic rings. The molecular formula is C10H18N2O. The zero-order valence-corrected chi connectivity index (χ0v) is 8.82. The van der Waals surface area contributed by atoms with Crippen LogP contribution in [0.3, 0.4) is 0 Å². The molecule has 2 atom stereocenters. The third-order valence-corrected chi connectivity index (χ3v) is 2.14. The number of aliphatic imine (C=N–C) groups is 1. The normalized spacial score (nSPS) is 17.4. The van der Waals surface area contributed by atoms with Crippen LogP contribution < -0.4 is 0 Å². The summed E-state index contributed by atoms with van der Waals surface area (Å²) >= 11 is 0. The maximum Gasteiger partial charge on any atom is 0.0781 e. The SMILES string of the molecule is CCC(C=NC)C(C)/C=C(\C)N=O. The van der Waals surface area contributed by atoms with Gasteiger partial charge in [0.05, 0.1) is 5.70 Å². The van der Waals surface area contributed by atoms with Gasteiger partial charge in [-0.3, -0.25) is 0 Å². The molecule has 0 radical (unpaired) electrons. The molecule has 0 amide bonds. The molecule has 3 heteroatoms. The molecular weight excluding hydrogens is 164 g/mol. The number of hydrogen-bond donors (Lipinski definition) is 0. The minimum Gasteiger partial charge on any atom is -0.301 e. The number of rotatable bonds is 5. The van der Waals surface area contributed by atoms with Crippen molar-refractivity contribution < 1.29 is 0 Å². The second-order valence-electron chi connectivity index (χ2n) is 3.24. The van der Waals surface area contributed by atoms with Gasteiger partial charge in [0.25, 0.3) is 0 Å². The largest absolute Gasteiger partial charge is 0.301 e. The van der Waals surface area contributed by atoms with Gasteiger partial charge in [-0.1, -0.05) is 19.9 Å². The molecule has 0 aromatic rings. The molecule has 74 valence electrons. The molecule has 0 aromatic heterocycles. The van der Waals surface area contributed by atoms with Gasteiger partial charge < -0.3 is 4.99 Å². The van der Waals surface area contributed by atoms with Crippen molar-refractivity contribution in [3.63, 3.8) is 0 Å². The van der Waals surface area contributed by atoms with E-state index in [1.54, 1.807) is 14.0 Å². The van der Waals surface area contributed by atoms with E-state index in [1.807, 2.05) is 12.3 Å². The van der Waals surface area contributed by atoms with Gasteiger partial charge in [0.2, 0.25) is 0 Å². The number of allylic oxidation sites excluding steroid dienone is 2. The van der Waals surface area contributed by atoms with Gasteiger partial charge in [0, 0.05) is 13.3 Å². The summed E-state index contributed by atoms with van der Waals surface area (Å²) in [5.74, 6) is 0.730. The Hall–Kier alpha value is -0.990. The fourth-order valence-electron chi connectivity index (χ4n) is 1.34. The number of nitroso groups, excluding NO2 is 1. The Morgan fingerprint density at radius 3 is 2.54 bits per heavy atom. The van der Waals surface area contributed by atoms with Crippen LogP contribution in [0, 0.1) is 16.7 Å². The van der Waals surface area contributed by atoms with Crippen LogP contribution in [0.15, 0.2) is 21.9 Å². The Morgan fingerprint density at radius 1 is 1.54 bits per heavy atom. The molecule has 0 rings (SSSR count). The fourth-order valence-corrected chi connectivity index (χ4v) is 1.34. The Balaban J connectivity index is 4.36. The second-order valence-corrected chi connectivity index (χ2v) is 3.24. The highest BCUT2D eigenvalue weighted by Crippen LogP contribution is 2.16.